The molecule has 1 unspecified atom stereocenters. The van der Waals surface area contributed by atoms with Gasteiger partial charge >= 0.3 is 0 Å². The van der Waals surface area contributed by atoms with Gasteiger partial charge in [-0.2, -0.15) is 0 Å². The summed E-state index contributed by atoms with van der Waals surface area (Å²) < 4.78 is 5.20. The minimum Gasteiger partial charge on any atom is -0.497 e. The Bertz CT molecular complexity index is 748. The van der Waals surface area contributed by atoms with Gasteiger partial charge < -0.3 is 9.64 Å². The molecule has 0 aliphatic carbocycles. The number of ether oxygens (including phenoxy) is 1. The molecule has 1 atom stereocenters. The number of thioether (sulfide) groups is 1. The van der Waals surface area contributed by atoms with Crippen LogP contribution in [0.4, 0.5) is 5.69 Å². The first-order chi connectivity index (χ1) is 12.6. The Labute approximate surface area is 160 Å². The SMILES string of the molecule is COc1ccc(CN(C)CC(=O)N2CCC(C)Sc3ccccc32)cc1. The molecule has 1 aliphatic heterocycles. The number of rotatable bonds is 5. The minimum atomic E-state index is 0.156. The first kappa shape index (κ1) is 18.8. The Hall–Kier alpha value is -1.98. The highest BCUT2D eigenvalue weighted by Crippen LogP contribution is 2.37. The number of fused-ring (bicyclic) bond motifs is 1. The van der Waals surface area contributed by atoms with Crippen molar-refractivity contribution in [2.45, 2.75) is 30.0 Å². The summed E-state index contributed by atoms with van der Waals surface area (Å²) in [6.07, 6.45) is 1.01. The highest BCUT2D eigenvalue weighted by atomic mass is 32.2. The van der Waals surface area contributed by atoms with Crippen molar-refractivity contribution in [3.8, 4) is 5.75 Å². The van der Waals surface area contributed by atoms with Crippen LogP contribution in [0.1, 0.15) is 18.9 Å². The Morgan fingerprint density at radius 2 is 1.96 bits per heavy atom. The second kappa shape index (κ2) is 8.60. The fourth-order valence-electron chi connectivity index (χ4n) is 3.16. The van der Waals surface area contributed by atoms with E-state index in [9.17, 15) is 4.79 Å². The summed E-state index contributed by atoms with van der Waals surface area (Å²) in [5, 5.41) is 0.519. The standard InChI is InChI=1S/C21H26N2O2S/c1-16-12-13-23(19-6-4-5-7-20(19)26-16)21(24)15-22(2)14-17-8-10-18(25-3)11-9-17/h4-11,16H,12-15H2,1-3H3. The van der Waals surface area contributed by atoms with Gasteiger partial charge in [-0.1, -0.05) is 31.2 Å². The van der Waals surface area contributed by atoms with Crippen LogP contribution in [0.25, 0.3) is 0 Å². The maximum absolute atomic E-state index is 13.0. The van der Waals surface area contributed by atoms with Crippen molar-refractivity contribution in [3.63, 3.8) is 0 Å². The van der Waals surface area contributed by atoms with Gasteiger partial charge in [0.2, 0.25) is 5.91 Å². The van der Waals surface area contributed by atoms with Crippen molar-refractivity contribution >= 4 is 23.4 Å². The average molecular weight is 371 g/mol. The lowest BCUT2D eigenvalue weighted by atomic mass is 10.2. The van der Waals surface area contributed by atoms with Crippen molar-refractivity contribution in [2.24, 2.45) is 0 Å². The number of benzene rings is 2. The van der Waals surface area contributed by atoms with Gasteiger partial charge in [-0.25, -0.2) is 0 Å². The molecule has 0 fully saturated rings. The fraction of sp³-hybridized carbons (Fsp3) is 0.381. The molecule has 1 heterocycles. The van der Waals surface area contributed by atoms with Crippen LogP contribution in [0.2, 0.25) is 0 Å². The van der Waals surface area contributed by atoms with Crippen molar-refractivity contribution in [2.75, 3.05) is 32.1 Å². The van der Waals surface area contributed by atoms with Gasteiger partial charge in [0.05, 0.1) is 19.3 Å². The number of carbonyl (C=O) groups is 1. The molecule has 1 aliphatic rings. The van der Waals surface area contributed by atoms with E-state index in [1.807, 2.05) is 60.1 Å². The molecule has 138 valence electrons. The monoisotopic (exact) mass is 370 g/mol. The van der Waals surface area contributed by atoms with Crippen LogP contribution in [-0.4, -0.2) is 43.3 Å². The van der Waals surface area contributed by atoms with E-state index in [4.69, 9.17) is 4.74 Å². The van der Waals surface area contributed by atoms with Crippen molar-refractivity contribution < 1.29 is 9.53 Å². The number of hydrogen-bond donors (Lipinski definition) is 0. The molecule has 0 saturated heterocycles. The van der Waals surface area contributed by atoms with Crippen LogP contribution >= 0.6 is 11.8 Å². The Morgan fingerprint density at radius 3 is 2.69 bits per heavy atom. The smallest absolute Gasteiger partial charge is 0.241 e. The topological polar surface area (TPSA) is 32.8 Å². The Kier molecular flexibility index (Phi) is 6.22. The number of nitrogens with zero attached hydrogens (tertiary/aromatic N) is 2. The summed E-state index contributed by atoms with van der Waals surface area (Å²) in [7, 11) is 3.65. The second-order valence-corrected chi connectivity index (χ2v) is 8.23. The van der Waals surface area contributed by atoms with E-state index in [-0.39, 0.29) is 5.91 Å². The van der Waals surface area contributed by atoms with Crippen LogP contribution in [-0.2, 0) is 11.3 Å². The zero-order valence-corrected chi connectivity index (χ0v) is 16.5. The van der Waals surface area contributed by atoms with E-state index in [0.717, 1.165) is 30.9 Å². The van der Waals surface area contributed by atoms with E-state index in [1.54, 1.807) is 7.11 Å². The molecule has 5 heteroatoms. The number of carbonyl (C=O) groups excluding carboxylic acids is 1. The van der Waals surface area contributed by atoms with Crippen molar-refractivity contribution in [1.82, 2.24) is 4.90 Å². The predicted molar refractivity (Wildman–Crippen MR) is 108 cm³/mol. The van der Waals surface area contributed by atoms with Gasteiger partial charge in [-0.05, 0) is 43.3 Å². The molecule has 0 aromatic heterocycles. The van der Waals surface area contributed by atoms with Gasteiger partial charge in [-0.3, -0.25) is 9.69 Å². The zero-order valence-electron chi connectivity index (χ0n) is 15.6. The molecule has 0 bridgehead atoms. The first-order valence-electron chi connectivity index (χ1n) is 8.94. The zero-order chi connectivity index (χ0) is 18.5. The fourth-order valence-corrected chi connectivity index (χ4v) is 4.27. The normalized spacial score (nSPS) is 16.9. The maximum atomic E-state index is 13.0. The summed E-state index contributed by atoms with van der Waals surface area (Å²) in [5.41, 5.74) is 2.21. The maximum Gasteiger partial charge on any atom is 0.241 e. The van der Waals surface area contributed by atoms with E-state index in [0.29, 0.717) is 11.8 Å². The van der Waals surface area contributed by atoms with Crippen LogP contribution in [0, 0.1) is 0 Å². The molecule has 0 N–H and O–H groups in total. The molecular weight excluding hydrogens is 344 g/mol. The molecule has 3 rings (SSSR count). The van der Waals surface area contributed by atoms with Gasteiger partial charge in [0.1, 0.15) is 5.75 Å². The number of anilines is 1. The van der Waals surface area contributed by atoms with Gasteiger partial charge in [0.25, 0.3) is 0 Å². The molecular formula is C21H26N2O2S. The molecule has 4 nitrogen and oxygen atoms in total. The van der Waals surface area contributed by atoms with Crippen molar-refractivity contribution in [3.05, 3.63) is 54.1 Å². The summed E-state index contributed by atoms with van der Waals surface area (Å²) in [6, 6.07) is 16.2. The Balaban J connectivity index is 1.66. The van der Waals surface area contributed by atoms with Crippen molar-refractivity contribution in [1.29, 1.82) is 0 Å². The Morgan fingerprint density at radius 1 is 1.23 bits per heavy atom. The van der Waals surface area contributed by atoms with Gasteiger partial charge in [0.15, 0.2) is 0 Å². The molecule has 2 aromatic rings. The van der Waals surface area contributed by atoms with Crippen LogP contribution in [0.15, 0.2) is 53.4 Å². The van der Waals surface area contributed by atoms with E-state index in [1.165, 1.54) is 10.5 Å². The van der Waals surface area contributed by atoms with Gasteiger partial charge in [0, 0.05) is 23.2 Å². The quantitative estimate of drug-likeness (QED) is 0.795. The summed E-state index contributed by atoms with van der Waals surface area (Å²) in [4.78, 5) is 18.2. The number of methoxy groups -OCH3 is 1. The number of para-hydroxylation sites is 1. The molecule has 2 aromatic carbocycles. The molecule has 0 spiro atoms. The number of likely N-dealkylation sites (N-methyl/N-ethyl adjacent to an activating group) is 1. The second-order valence-electron chi connectivity index (χ2n) is 6.75. The average Bonchev–Trinajstić information content (AvgIpc) is 2.80. The minimum absolute atomic E-state index is 0.156. The van der Waals surface area contributed by atoms with E-state index >= 15 is 0 Å². The highest BCUT2D eigenvalue weighted by molar-refractivity contribution is 8.00. The number of hydrogen-bond acceptors (Lipinski definition) is 4. The summed E-state index contributed by atoms with van der Waals surface area (Å²) >= 11 is 1.86. The van der Waals surface area contributed by atoms with Crippen LogP contribution in [0.5, 0.6) is 5.75 Å². The third-order valence-corrected chi connectivity index (χ3v) is 5.80. The lowest BCUT2D eigenvalue weighted by molar-refractivity contribution is -0.119. The molecule has 1 amide bonds. The molecule has 0 saturated carbocycles. The first-order valence-corrected chi connectivity index (χ1v) is 9.82. The summed E-state index contributed by atoms with van der Waals surface area (Å²) in [5.74, 6) is 1.00. The van der Waals surface area contributed by atoms with E-state index < -0.39 is 0 Å². The van der Waals surface area contributed by atoms with Crippen LogP contribution < -0.4 is 9.64 Å². The number of amides is 1. The molecule has 26 heavy (non-hydrogen) atoms. The lowest BCUT2D eigenvalue weighted by Crippen LogP contribution is -2.39. The highest BCUT2D eigenvalue weighted by Gasteiger charge is 2.24. The van der Waals surface area contributed by atoms with Crippen LogP contribution in [0.3, 0.4) is 0 Å². The van der Waals surface area contributed by atoms with E-state index in [2.05, 4.69) is 24.0 Å². The largest absolute Gasteiger partial charge is 0.497 e. The third kappa shape index (κ3) is 4.59. The van der Waals surface area contributed by atoms with Gasteiger partial charge in [-0.15, -0.1) is 11.8 Å². The summed E-state index contributed by atoms with van der Waals surface area (Å²) in [6.45, 7) is 4.14. The third-order valence-electron chi connectivity index (χ3n) is 4.56. The lowest BCUT2D eigenvalue weighted by Gasteiger charge is -2.25. The predicted octanol–water partition coefficient (Wildman–Crippen LogP) is 4.04. The molecule has 0 radical (unpaired) electrons.